The third-order valence-electron chi connectivity index (χ3n) is 3.73. The number of nitrogens with zero attached hydrogens (tertiary/aromatic N) is 2. The lowest BCUT2D eigenvalue weighted by atomic mass is 10.1. The fourth-order valence-electron chi connectivity index (χ4n) is 2.59. The maximum atomic E-state index is 13.1. The monoisotopic (exact) mass is 304 g/mol. The van der Waals surface area contributed by atoms with Crippen LogP contribution in [0.4, 0.5) is 4.39 Å². The first kappa shape index (κ1) is 14.9. The van der Waals surface area contributed by atoms with Crippen molar-refractivity contribution in [2.24, 2.45) is 0 Å². The maximum absolute atomic E-state index is 13.1. The number of benzene rings is 1. The van der Waals surface area contributed by atoms with Gasteiger partial charge in [-0.15, -0.1) is 0 Å². The summed E-state index contributed by atoms with van der Waals surface area (Å²) in [5.74, 6) is -0.365. The van der Waals surface area contributed by atoms with Gasteiger partial charge in [0, 0.05) is 6.61 Å². The lowest BCUT2D eigenvalue weighted by Gasteiger charge is -2.24. The average molecular weight is 304 g/mol. The smallest absolute Gasteiger partial charge is 0.277 e. The first-order valence-corrected chi connectivity index (χ1v) is 7.30. The number of aromatic nitrogens is 2. The van der Waals surface area contributed by atoms with Crippen molar-refractivity contribution < 1.29 is 14.2 Å². The predicted octanol–water partition coefficient (Wildman–Crippen LogP) is 2.24. The number of aliphatic hydroxyl groups is 1. The minimum absolute atomic E-state index is 0.277. The summed E-state index contributed by atoms with van der Waals surface area (Å²) in [6.45, 7) is 0.315. The second kappa shape index (κ2) is 6.37. The van der Waals surface area contributed by atoms with Crippen LogP contribution in [-0.2, 0) is 11.3 Å². The lowest BCUT2D eigenvalue weighted by Crippen LogP contribution is -2.32. The Labute approximate surface area is 127 Å². The van der Waals surface area contributed by atoms with E-state index in [1.807, 2.05) is 0 Å². The van der Waals surface area contributed by atoms with E-state index in [0.717, 1.165) is 12.8 Å². The van der Waals surface area contributed by atoms with Crippen molar-refractivity contribution >= 4 is 0 Å². The van der Waals surface area contributed by atoms with Crippen LogP contribution in [0.25, 0.3) is 11.1 Å². The highest BCUT2D eigenvalue weighted by Gasteiger charge is 2.20. The van der Waals surface area contributed by atoms with Crippen LogP contribution in [0.2, 0.25) is 0 Å². The largest absolute Gasteiger partial charge is 0.390 e. The van der Waals surface area contributed by atoms with Gasteiger partial charge in [0.15, 0.2) is 6.23 Å². The zero-order valence-corrected chi connectivity index (χ0v) is 12.0. The summed E-state index contributed by atoms with van der Waals surface area (Å²) in [6.07, 6.45) is 2.24. The number of hydrogen-bond donors (Lipinski definition) is 1. The van der Waals surface area contributed by atoms with E-state index >= 15 is 0 Å². The molecule has 0 bridgehead atoms. The average Bonchev–Trinajstić information content (AvgIpc) is 2.57. The van der Waals surface area contributed by atoms with Gasteiger partial charge >= 0.3 is 0 Å². The molecule has 0 radical (unpaired) electrons. The van der Waals surface area contributed by atoms with Gasteiger partial charge < -0.3 is 9.84 Å². The fraction of sp³-hybridized carbons (Fsp3) is 0.375. The second-order valence-electron chi connectivity index (χ2n) is 5.29. The summed E-state index contributed by atoms with van der Waals surface area (Å²) < 4.78 is 20.0. The molecule has 1 atom stereocenters. The Morgan fingerprint density at radius 1 is 1.32 bits per heavy atom. The van der Waals surface area contributed by atoms with E-state index in [4.69, 9.17) is 4.74 Å². The van der Waals surface area contributed by atoms with Crippen LogP contribution < -0.4 is 5.56 Å². The topological polar surface area (TPSA) is 64.3 Å². The molecule has 6 heteroatoms. The van der Waals surface area contributed by atoms with Crippen molar-refractivity contribution in [1.29, 1.82) is 0 Å². The van der Waals surface area contributed by atoms with E-state index in [0.29, 0.717) is 29.8 Å². The minimum atomic E-state index is -0.410. The Bertz CT molecular complexity index is 706. The molecule has 1 fully saturated rings. The molecule has 1 aromatic carbocycles. The van der Waals surface area contributed by atoms with Crippen molar-refractivity contribution in [3.8, 4) is 11.1 Å². The molecule has 1 aliphatic rings. The van der Waals surface area contributed by atoms with Crippen LogP contribution in [0.5, 0.6) is 0 Å². The molecule has 2 heterocycles. The molecule has 0 saturated carbocycles. The summed E-state index contributed by atoms with van der Waals surface area (Å²) in [5, 5.41) is 13.6. The molecular formula is C16H17FN2O3. The van der Waals surface area contributed by atoms with Crippen LogP contribution in [0.1, 0.15) is 31.2 Å². The molecule has 22 heavy (non-hydrogen) atoms. The van der Waals surface area contributed by atoms with Gasteiger partial charge in [0.1, 0.15) is 5.82 Å². The van der Waals surface area contributed by atoms with Crippen molar-refractivity contribution in [2.75, 3.05) is 6.61 Å². The first-order valence-electron chi connectivity index (χ1n) is 7.30. The van der Waals surface area contributed by atoms with Gasteiger partial charge in [-0.25, -0.2) is 4.39 Å². The molecule has 5 nitrogen and oxygen atoms in total. The summed E-state index contributed by atoms with van der Waals surface area (Å²) in [6, 6.07) is 7.22. The molecule has 0 spiro atoms. The van der Waals surface area contributed by atoms with Gasteiger partial charge in [-0.1, -0.05) is 12.1 Å². The van der Waals surface area contributed by atoms with E-state index in [-0.39, 0.29) is 18.0 Å². The zero-order valence-electron chi connectivity index (χ0n) is 12.0. The standard InChI is InChI=1S/C16H17FN2O3/c17-12-6-4-11(5-7-12)14-9-13(10-20)18-19(16(14)21)15-3-1-2-8-22-15/h4-7,9,15,20H,1-3,8,10H2. The number of halogens is 1. The molecule has 3 rings (SSSR count). The summed E-state index contributed by atoms with van der Waals surface area (Å²) >= 11 is 0. The molecule has 0 aliphatic carbocycles. The number of rotatable bonds is 3. The van der Waals surface area contributed by atoms with Gasteiger partial charge in [0.05, 0.1) is 17.9 Å². The number of ether oxygens (including phenoxy) is 1. The number of hydrogen-bond acceptors (Lipinski definition) is 4. The van der Waals surface area contributed by atoms with Crippen molar-refractivity contribution in [3.05, 3.63) is 52.2 Å². The highest BCUT2D eigenvalue weighted by atomic mass is 19.1. The van der Waals surface area contributed by atoms with Crippen LogP contribution >= 0.6 is 0 Å². The van der Waals surface area contributed by atoms with Crippen molar-refractivity contribution in [2.45, 2.75) is 32.1 Å². The Hall–Kier alpha value is -2.05. The molecule has 1 saturated heterocycles. The Morgan fingerprint density at radius 3 is 2.73 bits per heavy atom. The quantitative estimate of drug-likeness (QED) is 0.944. The van der Waals surface area contributed by atoms with Gasteiger partial charge in [0.25, 0.3) is 5.56 Å². The van der Waals surface area contributed by atoms with Gasteiger partial charge in [0.2, 0.25) is 0 Å². The molecule has 2 aromatic rings. The maximum Gasteiger partial charge on any atom is 0.277 e. The van der Waals surface area contributed by atoms with Crippen molar-refractivity contribution in [3.63, 3.8) is 0 Å². The van der Waals surface area contributed by atoms with E-state index in [9.17, 15) is 14.3 Å². The highest BCUT2D eigenvalue weighted by Crippen LogP contribution is 2.22. The van der Waals surface area contributed by atoms with E-state index < -0.39 is 6.23 Å². The van der Waals surface area contributed by atoms with E-state index in [1.165, 1.54) is 22.9 Å². The van der Waals surface area contributed by atoms with Crippen LogP contribution in [0, 0.1) is 5.82 Å². The fourth-order valence-corrected chi connectivity index (χ4v) is 2.59. The van der Waals surface area contributed by atoms with Gasteiger partial charge in [-0.2, -0.15) is 9.78 Å². The molecular weight excluding hydrogens is 287 g/mol. The third kappa shape index (κ3) is 2.93. The van der Waals surface area contributed by atoms with E-state index in [2.05, 4.69) is 5.10 Å². The van der Waals surface area contributed by atoms with Gasteiger partial charge in [-0.3, -0.25) is 4.79 Å². The SMILES string of the molecule is O=c1c(-c2ccc(F)cc2)cc(CO)nn1C1CCCCO1. The Balaban J connectivity index is 2.09. The van der Waals surface area contributed by atoms with Crippen LogP contribution in [0.3, 0.4) is 0 Å². The third-order valence-corrected chi connectivity index (χ3v) is 3.73. The minimum Gasteiger partial charge on any atom is -0.390 e. The molecule has 116 valence electrons. The Morgan fingerprint density at radius 2 is 2.09 bits per heavy atom. The highest BCUT2D eigenvalue weighted by molar-refractivity contribution is 5.62. The summed E-state index contributed by atoms with van der Waals surface area (Å²) in [5.41, 5.74) is 1.06. The zero-order chi connectivity index (χ0) is 15.5. The molecule has 1 aromatic heterocycles. The molecule has 0 amide bonds. The van der Waals surface area contributed by atoms with Crippen LogP contribution in [-0.4, -0.2) is 21.5 Å². The first-order chi connectivity index (χ1) is 10.7. The van der Waals surface area contributed by atoms with Crippen LogP contribution in [0.15, 0.2) is 35.1 Å². The summed E-state index contributed by atoms with van der Waals surface area (Å²) in [4.78, 5) is 12.7. The summed E-state index contributed by atoms with van der Waals surface area (Å²) in [7, 11) is 0. The van der Waals surface area contributed by atoms with Crippen molar-refractivity contribution in [1.82, 2.24) is 9.78 Å². The predicted molar refractivity (Wildman–Crippen MR) is 78.7 cm³/mol. The normalized spacial score (nSPS) is 18.4. The Kier molecular flexibility index (Phi) is 4.31. The van der Waals surface area contributed by atoms with E-state index in [1.54, 1.807) is 12.1 Å². The van der Waals surface area contributed by atoms with Gasteiger partial charge in [-0.05, 0) is 43.0 Å². The molecule has 1 aliphatic heterocycles. The molecule has 1 N–H and O–H groups in total. The number of aliphatic hydroxyl groups excluding tert-OH is 1. The lowest BCUT2D eigenvalue weighted by molar-refractivity contribution is -0.0429. The molecule has 1 unspecified atom stereocenters. The second-order valence-corrected chi connectivity index (χ2v) is 5.29.